The van der Waals surface area contributed by atoms with E-state index in [-0.39, 0.29) is 17.6 Å². The Morgan fingerprint density at radius 3 is 2.81 bits per heavy atom. The maximum atomic E-state index is 12.6. The lowest BCUT2D eigenvalue weighted by Crippen LogP contribution is -2.21. The van der Waals surface area contributed by atoms with E-state index in [1.165, 1.54) is 17.6 Å². The Labute approximate surface area is 152 Å². The third-order valence-corrected chi connectivity index (χ3v) is 4.93. The average molecular weight is 366 g/mol. The van der Waals surface area contributed by atoms with Gasteiger partial charge in [-0.3, -0.25) is 15.0 Å². The van der Waals surface area contributed by atoms with Crippen LogP contribution in [0.1, 0.15) is 25.8 Å². The minimum atomic E-state index is -0.358. The first-order valence-corrected chi connectivity index (χ1v) is 8.62. The van der Waals surface area contributed by atoms with E-state index >= 15 is 0 Å². The number of furan rings is 1. The van der Waals surface area contributed by atoms with E-state index in [1.54, 1.807) is 29.2 Å². The molecule has 0 saturated carbocycles. The van der Waals surface area contributed by atoms with Crippen molar-refractivity contribution in [3.8, 4) is 0 Å². The zero-order valence-corrected chi connectivity index (χ0v) is 14.5. The quantitative estimate of drug-likeness (QED) is 0.577. The highest BCUT2D eigenvalue weighted by Gasteiger charge is 2.17. The van der Waals surface area contributed by atoms with Gasteiger partial charge in [0.2, 0.25) is 0 Å². The summed E-state index contributed by atoms with van der Waals surface area (Å²) in [6, 6.07) is 12.5. The molecule has 3 heterocycles. The maximum Gasteiger partial charge on any atom is 0.291 e. The first-order valence-electron chi connectivity index (χ1n) is 7.80. The number of nitrogens with one attached hydrogen (secondary N) is 2. The summed E-state index contributed by atoms with van der Waals surface area (Å²) in [4.78, 5) is 29.4. The number of para-hydroxylation sites is 2. The topological polar surface area (TPSA) is 89.2 Å². The zero-order chi connectivity index (χ0) is 18.1. The van der Waals surface area contributed by atoms with Crippen LogP contribution in [0.5, 0.6) is 0 Å². The van der Waals surface area contributed by atoms with Crippen LogP contribution in [-0.2, 0) is 0 Å². The monoisotopic (exact) mass is 366 g/mol. The molecule has 7 nitrogen and oxygen atoms in total. The van der Waals surface area contributed by atoms with Gasteiger partial charge in [0.15, 0.2) is 5.76 Å². The first-order chi connectivity index (χ1) is 12.6. The smallest absolute Gasteiger partial charge is 0.291 e. The van der Waals surface area contributed by atoms with Crippen LogP contribution in [0.2, 0.25) is 0 Å². The van der Waals surface area contributed by atoms with Gasteiger partial charge in [0, 0.05) is 0 Å². The van der Waals surface area contributed by atoms with Gasteiger partial charge in [-0.15, -0.1) is 11.3 Å². The van der Waals surface area contributed by atoms with E-state index in [4.69, 9.17) is 4.42 Å². The molecule has 4 aromatic rings. The van der Waals surface area contributed by atoms with Gasteiger partial charge in [-0.25, -0.2) is 9.66 Å². The summed E-state index contributed by atoms with van der Waals surface area (Å²) in [5.41, 5.74) is 5.18. The summed E-state index contributed by atoms with van der Waals surface area (Å²) in [7, 11) is 0. The van der Waals surface area contributed by atoms with Crippen molar-refractivity contribution in [3.63, 3.8) is 0 Å². The highest BCUT2D eigenvalue weighted by molar-refractivity contribution is 7.18. The standard InChI is InChI=1S/C18H14N4O3S/c1-11-9-15(20-17(23)14-7-4-8-25-14)26-16(11)18(24)21-22-10-19-12-5-2-3-6-13(12)22/h2-10H,1H3,(H,20,23)(H,21,24). The lowest BCUT2D eigenvalue weighted by atomic mass is 10.3. The van der Waals surface area contributed by atoms with Gasteiger partial charge in [-0.1, -0.05) is 12.1 Å². The lowest BCUT2D eigenvalue weighted by Gasteiger charge is -2.06. The van der Waals surface area contributed by atoms with Crippen LogP contribution in [0.15, 0.2) is 59.5 Å². The number of aromatic nitrogens is 2. The van der Waals surface area contributed by atoms with Gasteiger partial charge in [0.25, 0.3) is 11.8 Å². The third kappa shape index (κ3) is 2.98. The molecule has 8 heteroatoms. The number of carbonyl (C=O) groups is 2. The minimum Gasteiger partial charge on any atom is -0.459 e. The van der Waals surface area contributed by atoms with Crippen LogP contribution in [0, 0.1) is 6.92 Å². The number of amides is 2. The zero-order valence-electron chi connectivity index (χ0n) is 13.7. The summed E-state index contributed by atoms with van der Waals surface area (Å²) < 4.78 is 6.65. The SMILES string of the molecule is Cc1cc(NC(=O)c2ccco2)sc1C(=O)Nn1cnc2ccccc21. The van der Waals surface area contributed by atoms with Crippen LogP contribution in [0.25, 0.3) is 11.0 Å². The number of benzene rings is 1. The number of nitrogens with zero attached hydrogens (tertiary/aromatic N) is 2. The molecule has 130 valence electrons. The highest BCUT2D eigenvalue weighted by atomic mass is 32.1. The minimum absolute atomic E-state index is 0.215. The van der Waals surface area contributed by atoms with Crippen molar-refractivity contribution in [1.29, 1.82) is 0 Å². The molecule has 2 N–H and O–H groups in total. The molecular weight excluding hydrogens is 352 g/mol. The normalized spacial score (nSPS) is 10.8. The van der Waals surface area contributed by atoms with Gasteiger partial charge >= 0.3 is 0 Å². The van der Waals surface area contributed by atoms with Gasteiger partial charge < -0.3 is 9.73 Å². The number of fused-ring (bicyclic) bond motifs is 1. The number of thiophene rings is 1. The Bertz CT molecular complexity index is 1100. The molecule has 0 atom stereocenters. The van der Waals surface area contributed by atoms with Gasteiger partial charge in [0.1, 0.15) is 6.33 Å². The fraction of sp³-hybridized carbons (Fsp3) is 0.0556. The van der Waals surface area contributed by atoms with E-state index < -0.39 is 0 Å². The third-order valence-electron chi connectivity index (χ3n) is 3.78. The molecule has 26 heavy (non-hydrogen) atoms. The Morgan fingerprint density at radius 2 is 2.00 bits per heavy atom. The molecule has 0 unspecified atom stereocenters. The van der Waals surface area contributed by atoms with E-state index in [9.17, 15) is 9.59 Å². The Morgan fingerprint density at radius 1 is 1.15 bits per heavy atom. The number of rotatable bonds is 4. The Balaban J connectivity index is 1.53. The summed E-state index contributed by atoms with van der Waals surface area (Å²) in [5.74, 6) is -0.412. The van der Waals surface area contributed by atoms with E-state index in [0.29, 0.717) is 9.88 Å². The van der Waals surface area contributed by atoms with Crippen molar-refractivity contribution in [2.75, 3.05) is 10.7 Å². The fourth-order valence-electron chi connectivity index (χ4n) is 2.56. The van der Waals surface area contributed by atoms with Crippen LogP contribution in [0.4, 0.5) is 5.00 Å². The maximum absolute atomic E-state index is 12.6. The summed E-state index contributed by atoms with van der Waals surface area (Å²) in [5, 5.41) is 3.31. The second-order valence-electron chi connectivity index (χ2n) is 5.60. The van der Waals surface area contributed by atoms with Crippen molar-refractivity contribution >= 4 is 39.2 Å². The van der Waals surface area contributed by atoms with Gasteiger partial charge in [-0.2, -0.15) is 0 Å². The largest absolute Gasteiger partial charge is 0.459 e. The number of aryl methyl sites for hydroxylation is 1. The van der Waals surface area contributed by atoms with Gasteiger partial charge in [0.05, 0.1) is 27.2 Å². The van der Waals surface area contributed by atoms with E-state index in [2.05, 4.69) is 15.7 Å². The molecule has 0 fully saturated rings. The molecule has 0 aliphatic heterocycles. The van der Waals surface area contributed by atoms with Crippen molar-refractivity contribution < 1.29 is 14.0 Å². The number of anilines is 1. The van der Waals surface area contributed by atoms with E-state index in [1.807, 2.05) is 31.2 Å². The molecular formula is C18H14N4O3S. The molecule has 0 aliphatic rings. The first kappa shape index (κ1) is 16.1. The van der Waals surface area contributed by atoms with Gasteiger partial charge in [-0.05, 0) is 42.8 Å². The van der Waals surface area contributed by atoms with E-state index in [0.717, 1.165) is 16.6 Å². The van der Waals surface area contributed by atoms with Crippen molar-refractivity contribution in [1.82, 2.24) is 9.66 Å². The fourth-order valence-corrected chi connectivity index (χ4v) is 3.52. The van der Waals surface area contributed by atoms with Crippen molar-refractivity contribution in [2.45, 2.75) is 6.92 Å². The summed E-state index contributed by atoms with van der Waals surface area (Å²) in [6.45, 7) is 1.82. The average Bonchev–Trinajstić information content (AvgIpc) is 3.35. The molecule has 0 aliphatic carbocycles. The molecule has 0 radical (unpaired) electrons. The highest BCUT2D eigenvalue weighted by Crippen LogP contribution is 2.27. The van der Waals surface area contributed by atoms with Crippen LogP contribution in [-0.4, -0.2) is 21.5 Å². The predicted octanol–water partition coefficient (Wildman–Crippen LogP) is 3.64. The summed E-state index contributed by atoms with van der Waals surface area (Å²) in [6.07, 6.45) is 2.99. The number of hydrogen-bond acceptors (Lipinski definition) is 5. The van der Waals surface area contributed by atoms with Crippen molar-refractivity contribution in [3.05, 3.63) is 71.3 Å². The number of imidazole rings is 1. The summed E-state index contributed by atoms with van der Waals surface area (Å²) >= 11 is 1.20. The molecule has 0 bridgehead atoms. The Kier molecular flexibility index (Phi) is 4.02. The predicted molar refractivity (Wildman–Crippen MR) is 99.1 cm³/mol. The second kappa shape index (κ2) is 6.49. The molecule has 3 aromatic heterocycles. The number of hydrogen-bond donors (Lipinski definition) is 2. The van der Waals surface area contributed by atoms with Crippen LogP contribution >= 0.6 is 11.3 Å². The van der Waals surface area contributed by atoms with Crippen molar-refractivity contribution in [2.24, 2.45) is 0 Å². The second-order valence-corrected chi connectivity index (χ2v) is 6.65. The molecule has 0 spiro atoms. The molecule has 4 rings (SSSR count). The lowest BCUT2D eigenvalue weighted by molar-refractivity contribution is 0.0993. The molecule has 2 amide bonds. The molecule has 0 saturated heterocycles. The number of carbonyl (C=O) groups excluding carboxylic acids is 2. The van der Waals surface area contributed by atoms with Crippen LogP contribution in [0.3, 0.4) is 0 Å². The molecule has 1 aromatic carbocycles. The Hall–Kier alpha value is -3.39. The van der Waals surface area contributed by atoms with Crippen LogP contribution < -0.4 is 10.7 Å².